The number of methoxy groups -OCH3 is 1. The molecule has 3 rings (SSSR count). The van der Waals surface area contributed by atoms with Crippen molar-refractivity contribution in [3.63, 3.8) is 0 Å². The van der Waals surface area contributed by atoms with Gasteiger partial charge in [-0.2, -0.15) is 0 Å². The van der Waals surface area contributed by atoms with Gasteiger partial charge in [0, 0.05) is 17.4 Å². The van der Waals surface area contributed by atoms with Gasteiger partial charge in [-0.25, -0.2) is 9.97 Å². The molecule has 0 atom stereocenters. The fourth-order valence-electron chi connectivity index (χ4n) is 2.89. The summed E-state index contributed by atoms with van der Waals surface area (Å²) in [5.74, 6) is 1.47. The Bertz CT molecular complexity index is 547. The summed E-state index contributed by atoms with van der Waals surface area (Å²) in [5, 5.41) is 1.19. The van der Waals surface area contributed by atoms with Crippen molar-refractivity contribution in [3.05, 3.63) is 30.2 Å². The molecule has 0 bridgehead atoms. The summed E-state index contributed by atoms with van der Waals surface area (Å²) < 4.78 is 5.25. The first-order valence-corrected chi connectivity index (χ1v) is 6.67. The maximum atomic E-state index is 5.25. The molecule has 0 saturated heterocycles. The normalized spacial score (nSPS) is 16.9. The zero-order chi connectivity index (χ0) is 12.4. The lowest BCUT2D eigenvalue weighted by molar-refractivity contribution is 0.415. The van der Waals surface area contributed by atoms with Gasteiger partial charge in [0.2, 0.25) is 0 Å². The van der Waals surface area contributed by atoms with Crippen molar-refractivity contribution in [2.75, 3.05) is 7.11 Å². The summed E-state index contributed by atoms with van der Waals surface area (Å²) in [6.07, 6.45) is 8.23. The molecule has 1 aliphatic rings. The Morgan fingerprint density at radius 2 is 1.94 bits per heavy atom. The molecular formula is C15H18N2O. The lowest BCUT2D eigenvalue weighted by Crippen LogP contribution is -2.07. The Kier molecular flexibility index (Phi) is 3.13. The van der Waals surface area contributed by atoms with E-state index in [9.17, 15) is 0 Å². The van der Waals surface area contributed by atoms with Crippen LogP contribution in [0, 0.1) is 0 Å². The van der Waals surface area contributed by atoms with Gasteiger partial charge < -0.3 is 4.74 Å². The van der Waals surface area contributed by atoms with Gasteiger partial charge in [0.25, 0.3) is 0 Å². The highest BCUT2D eigenvalue weighted by Gasteiger charge is 2.19. The van der Waals surface area contributed by atoms with Crippen molar-refractivity contribution >= 4 is 10.9 Å². The van der Waals surface area contributed by atoms with E-state index in [0.29, 0.717) is 5.92 Å². The summed E-state index contributed by atoms with van der Waals surface area (Å²) in [6.45, 7) is 0. The monoisotopic (exact) mass is 242 g/mol. The van der Waals surface area contributed by atoms with E-state index in [2.05, 4.69) is 16.0 Å². The molecule has 1 aliphatic carbocycles. The quantitative estimate of drug-likeness (QED) is 0.805. The minimum Gasteiger partial charge on any atom is -0.497 e. The topological polar surface area (TPSA) is 35.0 Å². The molecule has 0 unspecified atom stereocenters. The maximum absolute atomic E-state index is 5.25. The third kappa shape index (κ3) is 2.05. The van der Waals surface area contributed by atoms with Crippen molar-refractivity contribution in [1.29, 1.82) is 0 Å². The first kappa shape index (κ1) is 11.5. The zero-order valence-electron chi connectivity index (χ0n) is 10.7. The van der Waals surface area contributed by atoms with Crippen LogP contribution in [-0.2, 0) is 0 Å². The highest BCUT2D eigenvalue weighted by molar-refractivity contribution is 5.82. The van der Waals surface area contributed by atoms with Crippen LogP contribution >= 0.6 is 0 Å². The number of hydrogen-bond donors (Lipinski definition) is 0. The van der Waals surface area contributed by atoms with Gasteiger partial charge in [-0.1, -0.05) is 19.3 Å². The summed E-state index contributed by atoms with van der Waals surface area (Å²) >= 11 is 0. The fraction of sp³-hybridized carbons (Fsp3) is 0.467. The van der Waals surface area contributed by atoms with Crippen LogP contribution in [0.1, 0.15) is 43.7 Å². The van der Waals surface area contributed by atoms with E-state index in [-0.39, 0.29) is 0 Å². The van der Waals surface area contributed by atoms with Crippen molar-refractivity contribution < 1.29 is 4.74 Å². The van der Waals surface area contributed by atoms with Crippen LogP contribution in [-0.4, -0.2) is 17.1 Å². The van der Waals surface area contributed by atoms with Crippen LogP contribution in [0.25, 0.3) is 10.9 Å². The number of benzene rings is 1. The smallest absolute Gasteiger partial charge is 0.121 e. The molecular weight excluding hydrogens is 224 g/mol. The molecule has 0 N–H and O–H groups in total. The lowest BCUT2D eigenvalue weighted by atomic mass is 9.85. The van der Waals surface area contributed by atoms with Crippen LogP contribution in [0.2, 0.25) is 0 Å². The van der Waals surface area contributed by atoms with Gasteiger partial charge >= 0.3 is 0 Å². The van der Waals surface area contributed by atoms with E-state index in [1.807, 2.05) is 12.1 Å². The van der Waals surface area contributed by atoms with Crippen LogP contribution < -0.4 is 4.74 Å². The predicted octanol–water partition coefficient (Wildman–Crippen LogP) is 3.69. The Labute approximate surface area is 107 Å². The summed E-state index contributed by atoms with van der Waals surface area (Å²) in [5.41, 5.74) is 2.22. The molecule has 3 nitrogen and oxygen atoms in total. The minimum absolute atomic E-state index is 0.609. The molecule has 1 aromatic heterocycles. The molecule has 1 saturated carbocycles. The highest BCUT2D eigenvalue weighted by atomic mass is 16.5. The first-order valence-electron chi connectivity index (χ1n) is 6.67. The van der Waals surface area contributed by atoms with Crippen molar-refractivity contribution in [2.24, 2.45) is 0 Å². The number of rotatable bonds is 2. The summed E-state index contributed by atoms with van der Waals surface area (Å²) in [7, 11) is 1.68. The molecule has 0 radical (unpaired) electrons. The molecule has 0 amide bonds. The molecule has 3 heteroatoms. The molecule has 1 aromatic carbocycles. The fourth-order valence-corrected chi connectivity index (χ4v) is 2.89. The predicted molar refractivity (Wildman–Crippen MR) is 71.9 cm³/mol. The van der Waals surface area contributed by atoms with E-state index in [1.54, 1.807) is 13.4 Å². The molecule has 2 aromatic rings. The van der Waals surface area contributed by atoms with Crippen molar-refractivity contribution in [3.8, 4) is 5.75 Å². The molecule has 94 valence electrons. The Balaban J connectivity index is 2.05. The average Bonchev–Trinajstić information content (AvgIpc) is 2.47. The van der Waals surface area contributed by atoms with Gasteiger partial charge in [-0.15, -0.1) is 0 Å². The minimum atomic E-state index is 0.609. The molecule has 0 spiro atoms. The van der Waals surface area contributed by atoms with Crippen LogP contribution in [0.5, 0.6) is 5.75 Å². The number of ether oxygens (including phenoxy) is 1. The number of hydrogen-bond acceptors (Lipinski definition) is 3. The van der Waals surface area contributed by atoms with Crippen LogP contribution in [0.15, 0.2) is 24.5 Å². The van der Waals surface area contributed by atoms with Gasteiger partial charge in [-0.05, 0) is 25.0 Å². The summed E-state index contributed by atoms with van der Waals surface area (Å²) in [6, 6.07) is 6.08. The second kappa shape index (κ2) is 4.92. The van der Waals surface area contributed by atoms with E-state index in [0.717, 1.165) is 11.3 Å². The third-order valence-corrected chi connectivity index (χ3v) is 3.87. The van der Waals surface area contributed by atoms with E-state index in [4.69, 9.17) is 4.74 Å². The second-order valence-corrected chi connectivity index (χ2v) is 4.98. The molecule has 1 fully saturated rings. The zero-order valence-corrected chi connectivity index (χ0v) is 10.7. The van der Waals surface area contributed by atoms with Crippen molar-refractivity contribution in [1.82, 2.24) is 9.97 Å². The largest absolute Gasteiger partial charge is 0.497 e. The standard InChI is InChI=1S/C15H18N2O/c1-18-12-7-8-13-14(9-12)16-10-17-15(13)11-5-3-2-4-6-11/h7-11H,2-6H2,1H3. The number of aromatic nitrogens is 2. The van der Waals surface area contributed by atoms with Gasteiger partial charge in [0.1, 0.15) is 12.1 Å². The van der Waals surface area contributed by atoms with Gasteiger partial charge in [0.15, 0.2) is 0 Å². The third-order valence-electron chi connectivity index (χ3n) is 3.87. The lowest BCUT2D eigenvalue weighted by Gasteiger charge is -2.22. The Hall–Kier alpha value is -1.64. The highest BCUT2D eigenvalue weighted by Crippen LogP contribution is 2.35. The van der Waals surface area contributed by atoms with E-state index >= 15 is 0 Å². The second-order valence-electron chi connectivity index (χ2n) is 4.98. The Morgan fingerprint density at radius 3 is 2.72 bits per heavy atom. The maximum Gasteiger partial charge on any atom is 0.121 e. The number of nitrogens with zero attached hydrogens (tertiary/aromatic N) is 2. The van der Waals surface area contributed by atoms with Crippen molar-refractivity contribution in [2.45, 2.75) is 38.0 Å². The van der Waals surface area contributed by atoms with Crippen LogP contribution in [0.4, 0.5) is 0 Å². The molecule has 0 aliphatic heterocycles. The van der Waals surface area contributed by atoms with E-state index < -0.39 is 0 Å². The molecule has 18 heavy (non-hydrogen) atoms. The Morgan fingerprint density at radius 1 is 1.11 bits per heavy atom. The molecule has 1 heterocycles. The van der Waals surface area contributed by atoms with Gasteiger partial charge in [0.05, 0.1) is 18.3 Å². The first-order chi connectivity index (χ1) is 8.88. The number of fused-ring (bicyclic) bond motifs is 1. The van der Waals surface area contributed by atoms with Gasteiger partial charge in [-0.3, -0.25) is 0 Å². The average molecular weight is 242 g/mol. The summed E-state index contributed by atoms with van der Waals surface area (Å²) in [4.78, 5) is 8.89. The van der Waals surface area contributed by atoms with E-state index in [1.165, 1.54) is 43.2 Å². The SMILES string of the molecule is COc1ccc2c(C3CCCCC3)ncnc2c1. The van der Waals surface area contributed by atoms with Crippen LogP contribution in [0.3, 0.4) is 0 Å².